The van der Waals surface area contributed by atoms with Crippen LogP contribution in [0.2, 0.25) is 0 Å². The van der Waals surface area contributed by atoms with Crippen LogP contribution in [0.4, 0.5) is 0 Å². The predicted molar refractivity (Wildman–Crippen MR) is 117 cm³/mol. The Labute approximate surface area is 186 Å². The molecule has 0 unspecified atom stereocenters. The minimum Gasteiger partial charge on any atom is -0.481 e. The number of benzene rings is 1. The Bertz CT molecular complexity index is 944. The fourth-order valence-electron chi connectivity index (χ4n) is 3.02. The highest BCUT2D eigenvalue weighted by molar-refractivity contribution is 5.99. The Morgan fingerprint density at radius 1 is 0.688 bits per heavy atom. The van der Waals surface area contributed by atoms with Crippen molar-refractivity contribution in [1.82, 2.24) is 15.0 Å². The predicted octanol–water partition coefficient (Wildman–Crippen LogP) is 3.34. The molecule has 0 spiro atoms. The molecule has 0 saturated carbocycles. The van der Waals surface area contributed by atoms with Crippen LogP contribution in [0.5, 0.6) is 0 Å². The summed E-state index contributed by atoms with van der Waals surface area (Å²) in [6, 6.07) is 4.06. The zero-order valence-corrected chi connectivity index (χ0v) is 18.6. The van der Waals surface area contributed by atoms with Crippen molar-refractivity contribution in [3.05, 3.63) is 52.9 Å². The molecule has 0 atom stereocenters. The van der Waals surface area contributed by atoms with E-state index in [0.717, 1.165) is 24.8 Å². The molecule has 2 rings (SSSR count). The lowest BCUT2D eigenvalue weighted by Gasteiger charge is -2.13. The molecule has 0 aliphatic heterocycles. The summed E-state index contributed by atoms with van der Waals surface area (Å²) in [7, 11) is 0. The van der Waals surface area contributed by atoms with Crippen LogP contribution >= 0.6 is 0 Å². The molecule has 0 aliphatic carbocycles. The number of ketones is 2. The average Bonchev–Trinajstić information content (AvgIpc) is 2.80. The van der Waals surface area contributed by atoms with Crippen molar-refractivity contribution >= 4 is 23.5 Å². The molecule has 1 aromatic heterocycles. The lowest BCUT2D eigenvalue weighted by atomic mass is 9.91. The molecule has 0 aliphatic rings. The highest BCUT2D eigenvalue weighted by Crippen LogP contribution is 2.21. The fraction of sp³-hybridized carbons (Fsp3) is 0.435. The molecule has 0 amide bonds. The van der Waals surface area contributed by atoms with Crippen molar-refractivity contribution in [3.63, 3.8) is 0 Å². The maximum absolute atomic E-state index is 12.1. The second-order valence-corrected chi connectivity index (χ2v) is 6.93. The van der Waals surface area contributed by atoms with E-state index < -0.39 is 11.9 Å². The first kappa shape index (κ1) is 26.5. The summed E-state index contributed by atoms with van der Waals surface area (Å²) >= 11 is 0. The van der Waals surface area contributed by atoms with E-state index in [4.69, 9.17) is 10.2 Å². The van der Waals surface area contributed by atoms with Gasteiger partial charge in [-0.25, -0.2) is 15.0 Å². The van der Waals surface area contributed by atoms with Crippen molar-refractivity contribution in [2.75, 3.05) is 0 Å². The molecule has 0 bridgehead atoms. The van der Waals surface area contributed by atoms with E-state index in [-0.39, 0.29) is 43.1 Å². The smallest absolute Gasteiger partial charge is 0.303 e. The second kappa shape index (κ2) is 13.7. The van der Waals surface area contributed by atoms with E-state index in [0.29, 0.717) is 5.56 Å². The maximum Gasteiger partial charge on any atom is 0.303 e. The Hall–Kier alpha value is -3.49. The standard InChI is InChI=1S/C16H22O3.C7H7N3O3/c1-4-11-9-13(6-3)14(10-12(11)5-2)15(17)7-8-16(18)19;11-5(1-2-6(12)13)7-9-3-8-4-10-7/h9-10H,4-8H2,1-3H3,(H,18,19);3-4H,1-2H2,(H,12,13). The summed E-state index contributed by atoms with van der Waals surface area (Å²) in [5.41, 5.74) is 4.22. The third kappa shape index (κ3) is 8.71. The van der Waals surface area contributed by atoms with Crippen LogP contribution in [0.3, 0.4) is 0 Å². The Kier molecular flexibility index (Phi) is 11.4. The van der Waals surface area contributed by atoms with Gasteiger partial charge in [0.2, 0.25) is 5.78 Å². The van der Waals surface area contributed by atoms with Gasteiger partial charge >= 0.3 is 11.9 Å². The van der Waals surface area contributed by atoms with Crippen LogP contribution in [0.25, 0.3) is 0 Å². The number of aliphatic carboxylic acids is 2. The summed E-state index contributed by atoms with van der Waals surface area (Å²) in [6.45, 7) is 6.21. The van der Waals surface area contributed by atoms with Crippen molar-refractivity contribution < 1.29 is 29.4 Å². The zero-order valence-electron chi connectivity index (χ0n) is 18.6. The van der Waals surface area contributed by atoms with E-state index in [1.165, 1.54) is 23.8 Å². The van der Waals surface area contributed by atoms with Crippen LogP contribution in [0.1, 0.15) is 84.1 Å². The number of carboxylic acid groups (broad SMARTS) is 2. The van der Waals surface area contributed by atoms with Crippen LogP contribution in [-0.2, 0) is 28.9 Å². The van der Waals surface area contributed by atoms with E-state index in [1.54, 1.807) is 0 Å². The van der Waals surface area contributed by atoms with Gasteiger partial charge in [-0.15, -0.1) is 0 Å². The van der Waals surface area contributed by atoms with E-state index >= 15 is 0 Å². The van der Waals surface area contributed by atoms with E-state index in [2.05, 4.69) is 34.9 Å². The molecule has 0 saturated heterocycles. The minimum absolute atomic E-state index is 0.0104. The normalized spacial score (nSPS) is 10.1. The summed E-state index contributed by atoms with van der Waals surface area (Å²) < 4.78 is 0. The highest BCUT2D eigenvalue weighted by atomic mass is 16.4. The Balaban J connectivity index is 0.000000343. The number of carbonyl (C=O) groups is 4. The van der Waals surface area contributed by atoms with Gasteiger partial charge in [-0.3, -0.25) is 19.2 Å². The Morgan fingerprint density at radius 3 is 1.62 bits per heavy atom. The Morgan fingerprint density at radius 2 is 1.16 bits per heavy atom. The van der Waals surface area contributed by atoms with Crippen LogP contribution in [0, 0.1) is 0 Å². The molecular formula is C23H29N3O6. The third-order valence-electron chi connectivity index (χ3n) is 4.74. The van der Waals surface area contributed by atoms with E-state index in [9.17, 15) is 19.2 Å². The van der Waals surface area contributed by atoms with Crippen LogP contribution < -0.4 is 0 Å². The van der Waals surface area contributed by atoms with Gasteiger partial charge in [-0.1, -0.05) is 26.8 Å². The van der Waals surface area contributed by atoms with Crippen molar-refractivity contribution in [1.29, 1.82) is 0 Å². The van der Waals surface area contributed by atoms with Crippen LogP contribution in [-0.4, -0.2) is 48.7 Å². The number of aromatic nitrogens is 3. The number of carboxylic acids is 2. The molecule has 0 radical (unpaired) electrons. The van der Waals surface area contributed by atoms with Gasteiger partial charge in [0.1, 0.15) is 12.7 Å². The number of Topliss-reactive ketones (excluding diaryl/α,β-unsaturated/α-hetero) is 2. The van der Waals surface area contributed by atoms with Crippen LogP contribution in [0.15, 0.2) is 24.8 Å². The molecule has 0 fully saturated rings. The van der Waals surface area contributed by atoms with E-state index in [1.807, 2.05) is 13.0 Å². The fourth-order valence-corrected chi connectivity index (χ4v) is 3.02. The quantitative estimate of drug-likeness (QED) is 0.499. The van der Waals surface area contributed by atoms with Crippen molar-refractivity contribution in [3.8, 4) is 0 Å². The topological polar surface area (TPSA) is 147 Å². The molecule has 2 N–H and O–H groups in total. The molecule has 9 nitrogen and oxygen atoms in total. The van der Waals surface area contributed by atoms with Crippen molar-refractivity contribution in [2.24, 2.45) is 0 Å². The molecule has 9 heteroatoms. The lowest BCUT2D eigenvalue weighted by Crippen LogP contribution is -2.09. The summed E-state index contributed by atoms with van der Waals surface area (Å²) in [5.74, 6) is -2.37. The largest absolute Gasteiger partial charge is 0.481 e. The zero-order chi connectivity index (χ0) is 24.1. The van der Waals surface area contributed by atoms with Gasteiger partial charge in [0.25, 0.3) is 0 Å². The first-order chi connectivity index (χ1) is 15.2. The highest BCUT2D eigenvalue weighted by Gasteiger charge is 2.15. The average molecular weight is 444 g/mol. The second-order valence-electron chi connectivity index (χ2n) is 6.93. The number of hydrogen-bond acceptors (Lipinski definition) is 7. The molecule has 32 heavy (non-hydrogen) atoms. The summed E-state index contributed by atoms with van der Waals surface area (Å²) in [6.07, 6.45) is 4.74. The minimum atomic E-state index is -1.01. The first-order valence-corrected chi connectivity index (χ1v) is 10.5. The molecule has 2 aromatic rings. The van der Waals surface area contributed by atoms with Gasteiger partial charge in [-0.05, 0) is 42.0 Å². The summed E-state index contributed by atoms with van der Waals surface area (Å²) in [4.78, 5) is 54.7. The van der Waals surface area contributed by atoms with Gasteiger partial charge in [0.05, 0.1) is 12.8 Å². The summed E-state index contributed by atoms with van der Waals surface area (Å²) in [5, 5.41) is 17.0. The van der Waals surface area contributed by atoms with Gasteiger partial charge < -0.3 is 10.2 Å². The number of rotatable bonds is 11. The van der Waals surface area contributed by atoms with Gasteiger partial charge in [0, 0.05) is 18.4 Å². The van der Waals surface area contributed by atoms with Gasteiger partial charge in [-0.2, -0.15) is 0 Å². The SMILES string of the molecule is CCc1cc(CC)c(C(=O)CCC(=O)O)cc1CC.O=C(O)CCC(=O)c1ncncn1. The molecule has 1 heterocycles. The number of hydrogen-bond donors (Lipinski definition) is 2. The number of aryl methyl sites for hydroxylation is 3. The molecule has 172 valence electrons. The number of carbonyl (C=O) groups excluding carboxylic acids is 2. The number of nitrogens with zero attached hydrogens (tertiary/aromatic N) is 3. The monoisotopic (exact) mass is 443 g/mol. The van der Waals surface area contributed by atoms with Gasteiger partial charge in [0.15, 0.2) is 11.6 Å². The maximum atomic E-state index is 12.1. The molecular weight excluding hydrogens is 414 g/mol. The first-order valence-electron chi connectivity index (χ1n) is 10.5. The lowest BCUT2D eigenvalue weighted by molar-refractivity contribution is -0.137. The van der Waals surface area contributed by atoms with Crippen molar-refractivity contribution in [2.45, 2.75) is 65.7 Å². The molecule has 1 aromatic carbocycles. The third-order valence-corrected chi connectivity index (χ3v) is 4.74.